The highest BCUT2D eigenvalue weighted by molar-refractivity contribution is 5.84. The molecule has 0 spiro atoms. The van der Waals surface area contributed by atoms with E-state index >= 15 is 0 Å². The number of hydrogen-bond acceptors (Lipinski definition) is 3. The number of carbonyl (C=O) groups excluding carboxylic acids is 1. The van der Waals surface area contributed by atoms with Crippen LogP contribution in [0.3, 0.4) is 0 Å². The quantitative estimate of drug-likeness (QED) is 0.764. The Morgan fingerprint density at radius 1 is 1.29 bits per heavy atom. The van der Waals surface area contributed by atoms with Crippen LogP contribution in [-0.4, -0.2) is 65.3 Å². The Morgan fingerprint density at radius 3 is 2.53 bits per heavy atom. The molecule has 2 atom stereocenters. The number of β-amino-alcohol motifs (C(OH)–C–C–N with tert-alkyl or cyclic N) is 1. The zero-order valence-corrected chi connectivity index (χ0v) is 9.28. The van der Waals surface area contributed by atoms with Crippen molar-refractivity contribution in [1.82, 2.24) is 9.80 Å². The van der Waals surface area contributed by atoms with Crippen molar-refractivity contribution in [3.8, 4) is 0 Å². The average Bonchev–Trinajstić information content (AvgIpc) is 2.73. The molecule has 0 aromatic carbocycles. The molecule has 0 bridgehead atoms. The number of halogens is 3. The van der Waals surface area contributed by atoms with Gasteiger partial charge in [0, 0.05) is 19.6 Å². The number of likely N-dealkylation sites (tertiary alicyclic amines) is 2. The predicted molar refractivity (Wildman–Crippen MR) is 53.2 cm³/mol. The zero-order valence-electron chi connectivity index (χ0n) is 9.28. The molecule has 2 aliphatic rings. The van der Waals surface area contributed by atoms with Gasteiger partial charge in [-0.2, -0.15) is 13.2 Å². The molecule has 2 rings (SSSR count). The molecule has 1 N–H and O–H groups in total. The normalized spacial score (nSPS) is 31.5. The third-order valence-corrected chi connectivity index (χ3v) is 3.27. The van der Waals surface area contributed by atoms with Crippen molar-refractivity contribution in [1.29, 1.82) is 0 Å². The number of rotatable bonds is 2. The van der Waals surface area contributed by atoms with Crippen molar-refractivity contribution in [3.63, 3.8) is 0 Å². The Bertz CT molecular complexity index is 308. The summed E-state index contributed by atoms with van der Waals surface area (Å²) in [5.41, 5.74) is 0. The van der Waals surface area contributed by atoms with Gasteiger partial charge in [-0.15, -0.1) is 0 Å². The lowest BCUT2D eigenvalue weighted by Crippen LogP contribution is -2.43. The number of amides is 1. The molecule has 0 saturated carbocycles. The number of carbonyl (C=O) groups is 1. The minimum atomic E-state index is -4.34. The molecule has 2 fully saturated rings. The van der Waals surface area contributed by atoms with Crippen LogP contribution in [0.4, 0.5) is 13.2 Å². The molecule has 0 aliphatic carbocycles. The van der Waals surface area contributed by atoms with Crippen LogP contribution < -0.4 is 0 Å². The lowest BCUT2D eigenvalue weighted by molar-refractivity contribution is -0.159. The van der Waals surface area contributed by atoms with Gasteiger partial charge >= 0.3 is 6.18 Å². The second-order valence-electron chi connectivity index (χ2n) is 4.62. The fourth-order valence-corrected chi connectivity index (χ4v) is 2.49. The highest BCUT2D eigenvalue weighted by Crippen LogP contribution is 2.25. The van der Waals surface area contributed by atoms with Gasteiger partial charge in [0.25, 0.3) is 0 Å². The molecule has 0 aromatic heterocycles. The SMILES string of the molecule is O=C1C(N2CC[C@H](O)C2)CCN1CC(F)(F)F. The van der Waals surface area contributed by atoms with Crippen LogP contribution in [0.2, 0.25) is 0 Å². The van der Waals surface area contributed by atoms with Crippen LogP contribution in [0.5, 0.6) is 0 Å². The van der Waals surface area contributed by atoms with E-state index in [1.54, 1.807) is 4.90 Å². The average molecular weight is 252 g/mol. The first kappa shape index (κ1) is 12.6. The van der Waals surface area contributed by atoms with Crippen molar-refractivity contribution in [3.05, 3.63) is 0 Å². The van der Waals surface area contributed by atoms with Crippen LogP contribution in [0.25, 0.3) is 0 Å². The molecule has 1 unspecified atom stereocenters. The summed E-state index contributed by atoms with van der Waals surface area (Å²) in [5, 5.41) is 9.35. The summed E-state index contributed by atoms with van der Waals surface area (Å²) in [6.45, 7) is -0.0535. The predicted octanol–water partition coefficient (Wildman–Crippen LogP) is 0.216. The molecule has 98 valence electrons. The van der Waals surface area contributed by atoms with Crippen LogP contribution in [0, 0.1) is 0 Å². The molecular formula is C10H15F3N2O2. The first-order chi connectivity index (χ1) is 7.87. The van der Waals surface area contributed by atoms with Crippen molar-refractivity contribution >= 4 is 5.91 Å². The van der Waals surface area contributed by atoms with Crippen molar-refractivity contribution < 1.29 is 23.1 Å². The standard InChI is InChI=1S/C10H15F3N2O2/c11-10(12,13)6-15-4-2-8(9(15)17)14-3-1-7(16)5-14/h7-8,16H,1-6H2/t7-,8?/m0/s1. The van der Waals surface area contributed by atoms with E-state index in [1.807, 2.05) is 0 Å². The van der Waals surface area contributed by atoms with Crippen LogP contribution in [-0.2, 0) is 4.79 Å². The third-order valence-electron chi connectivity index (χ3n) is 3.27. The Hall–Kier alpha value is -0.820. The molecule has 2 aliphatic heterocycles. The smallest absolute Gasteiger partial charge is 0.392 e. The van der Waals surface area contributed by atoms with Gasteiger partial charge in [0.05, 0.1) is 12.1 Å². The molecule has 17 heavy (non-hydrogen) atoms. The van der Waals surface area contributed by atoms with E-state index in [0.29, 0.717) is 25.9 Å². The van der Waals surface area contributed by atoms with E-state index in [0.717, 1.165) is 4.90 Å². The van der Waals surface area contributed by atoms with Crippen molar-refractivity contribution in [2.75, 3.05) is 26.2 Å². The van der Waals surface area contributed by atoms with Crippen molar-refractivity contribution in [2.24, 2.45) is 0 Å². The van der Waals surface area contributed by atoms with Gasteiger partial charge in [-0.05, 0) is 12.8 Å². The Balaban J connectivity index is 1.93. The topological polar surface area (TPSA) is 43.8 Å². The zero-order chi connectivity index (χ0) is 12.6. The van der Waals surface area contributed by atoms with Crippen LogP contribution in [0.15, 0.2) is 0 Å². The fraction of sp³-hybridized carbons (Fsp3) is 0.900. The fourth-order valence-electron chi connectivity index (χ4n) is 2.49. The minimum absolute atomic E-state index is 0.148. The first-order valence-corrected chi connectivity index (χ1v) is 5.64. The number of alkyl halides is 3. The molecule has 2 saturated heterocycles. The summed E-state index contributed by atoms with van der Waals surface area (Å²) in [6.07, 6.45) is -3.79. The van der Waals surface area contributed by atoms with Gasteiger partial charge in [-0.1, -0.05) is 0 Å². The van der Waals surface area contributed by atoms with Gasteiger partial charge in [-0.25, -0.2) is 0 Å². The van der Waals surface area contributed by atoms with E-state index in [1.165, 1.54) is 0 Å². The van der Waals surface area contributed by atoms with Gasteiger partial charge < -0.3 is 10.0 Å². The highest BCUT2D eigenvalue weighted by atomic mass is 19.4. The maximum Gasteiger partial charge on any atom is 0.406 e. The maximum atomic E-state index is 12.2. The summed E-state index contributed by atoms with van der Waals surface area (Å²) in [7, 11) is 0. The second kappa shape index (κ2) is 4.45. The molecule has 1 amide bonds. The first-order valence-electron chi connectivity index (χ1n) is 5.64. The third kappa shape index (κ3) is 2.90. The summed E-state index contributed by atoms with van der Waals surface area (Å²) < 4.78 is 36.6. The molecule has 0 radical (unpaired) electrons. The van der Waals surface area contributed by atoms with Crippen LogP contribution >= 0.6 is 0 Å². The Morgan fingerprint density at radius 2 is 2.00 bits per heavy atom. The molecular weight excluding hydrogens is 237 g/mol. The van der Waals surface area contributed by atoms with E-state index in [9.17, 15) is 23.1 Å². The molecule has 7 heteroatoms. The second-order valence-corrected chi connectivity index (χ2v) is 4.62. The molecule has 4 nitrogen and oxygen atoms in total. The van der Waals surface area contributed by atoms with Gasteiger partial charge in [0.1, 0.15) is 6.54 Å². The van der Waals surface area contributed by atoms with Gasteiger partial charge in [0.2, 0.25) is 5.91 Å². The largest absolute Gasteiger partial charge is 0.406 e. The maximum absolute atomic E-state index is 12.2. The number of aliphatic hydroxyl groups excluding tert-OH is 1. The minimum Gasteiger partial charge on any atom is -0.392 e. The summed E-state index contributed by atoms with van der Waals surface area (Å²) in [5.74, 6) is -0.462. The van der Waals surface area contributed by atoms with Gasteiger partial charge in [0.15, 0.2) is 0 Å². The van der Waals surface area contributed by atoms with Crippen molar-refractivity contribution in [2.45, 2.75) is 31.2 Å². The Kier molecular flexibility index (Phi) is 3.31. The lowest BCUT2D eigenvalue weighted by atomic mass is 10.2. The Labute approximate surface area is 97.0 Å². The molecule has 0 aromatic rings. The number of hydrogen-bond donors (Lipinski definition) is 1. The van der Waals surface area contributed by atoms with Crippen LogP contribution in [0.1, 0.15) is 12.8 Å². The summed E-state index contributed by atoms with van der Waals surface area (Å²) in [6, 6.07) is -0.477. The van der Waals surface area contributed by atoms with E-state index < -0.39 is 30.8 Å². The van der Waals surface area contributed by atoms with Gasteiger partial charge in [-0.3, -0.25) is 9.69 Å². The lowest BCUT2D eigenvalue weighted by Gasteiger charge is -2.23. The summed E-state index contributed by atoms with van der Waals surface area (Å²) >= 11 is 0. The monoisotopic (exact) mass is 252 g/mol. The number of nitrogens with zero attached hydrogens (tertiary/aromatic N) is 2. The number of aliphatic hydroxyl groups is 1. The summed E-state index contributed by atoms with van der Waals surface area (Å²) in [4.78, 5) is 14.4. The highest BCUT2D eigenvalue weighted by Gasteiger charge is 2.42. The van der Waals surface area contributed by atoms with E-state index in [-0.39, 0.29) is 6.54 Å². The van der Waals surface area contributed by atoms with E-state index in [2.05, 4.69) is 0 Å². The van der Waals surface area contributed by atoms with E-state index in [4.69, 9.17) is 0 Å². The molecule has 2 heterocycles.